The summed E-state index contributed by atoms with van der Waals surface area (Å²) in [5, 5.41) is 2.25. The minimum Gasteiger partial charge on any atom is -0.440 e. The van der Waals surface area contributed by atoms with Crippen molar-refractivity contribution in [2.24, 2.45) is 0 Å². The van der Waals surface area contributed by atoms with E-state index in [0.717, 1.165) is 26.3 Å². The van der Waals surface area contributed by atoms with Crippen LogP contribution in [-0.2, 0) is 0 Å². The number of aromatic nitrogens is 1. The van der Waals surface area contributed by atoms with Crippen LogP contribution in [0.15, 0.2) is 39.2 Å². The Bertz CT molecular complexity index is 657. The van der Waals surface area contributed by atoms with E-state index in [1.807, 2.05) is 31.2 Å². The average Bonchev–Trinajstić information content (AvgIpc) is 2.59. The molecule has 3 rings (SSSR count). The standard InChI is InChI=1S/C12H8BrNO/c1-7-14-11-6-10(13)8-4-2-3-5-9(8)12(11)15-7/h2-6H,1H3. The number of hydrogen-bond donors (Lipinski definition) is 0. The van der Waals surface area contributed by atoms with Crippen molar-refractivity contribution in [2.45, 2.75) is 6.92 Å². The van der Waals surface area contributed by atoms with E-state index in [4.69, 9.17) is 4.42 Å². The Morgan fingerprint density at radius 3 is 2.73 bits per heavy atom. The molecule has 1 aromatic heterocycles. The van der Waals surface area contributed by atoms with Crippen LogP contribution in [0.2, 0.25) is 0 Å². The molecule has 3 heteroatoms. The molecule has 0 radical (unpaired) electrons. The van der Waals surface area contributed by atoms with Crippen molar-refractivity contribution in [1.82, 2.24) is 4.98 Å². The molecule has 15 heavy (non-hydrogen) atoms. The molecule has 0 N–H and O–H groups in total. The van der Waals surface area contributed by atoms with Gasteiger partial charge in [0, 0.05) is 16.8 Å². The molecular weight excluding hydrogens is 254 g/mol. The quantitative estimate of drug-likeness (QED) is 0.610. The molecule has 0 spiro atoms. The highest BCUT2D eigenvalue weighted by atomic mass is 79.9. The third-order valence-electron chi connectivity index (χ3n) is 2.45. The van der Waals surface area contributed by atoms with E-state index >= 15 is 0 Å². The Labute approximate surface area is 95.0 Å². The fourth-order valence-electron chi connectivity index (χ4n) is 1.82. The van der Waals surface area contributed by atoms with Gasteiger partial charge in [-0.05, 0) is 11.5 Å². The second-order valence-corrected chi connectivity index (χ2v) is 4.34. The molecule has 0 aliphatic rings. The molecule has 0 bridgehead atoms. The highest BCUT2D eigenvalue weighted by Crippen LogP contribution is 2.31. The third kappa shape index (κ3) is 1.27. The Morgan fingerprint density at radius 1 is 1.20 bits per heavy atom. The zero-order valence-electron chi connectivity index (χ0n) is 8.12. The number of halogens is 1. The molecule has 0 saturated carbocycles. The predicted octanol–water partition coefficient (Wildman–Crippen LogP) is 4.05. The molecule has 0 saturated heterocycles. The lowest BCUT2D eigenvalue weighted by Crippen LogP contribution is -1.76. The van der Waals surface area contributed by atoms with E-state index in [1.54, 1.807) is 0 Å². The molecule has 0 amide bonds. The second-order valence-electron chi connectivity index (χ2n) is 3.49. The van der Waals surface area contributed by atoms with Crippen LogP contribution >= 0.6 is 15.9 Å². The molecule has 2 nitrogen and oxygen atoms in total. The van der Waals surface area contributed by atoms with Gasteiger partial charge in [-0.15, -0.1) is 0 Å². The molecule has 1 heterocycles. The van der Waals surface area contributed by atoms with Crippen molar-refractivity contribution in [1.29, 1.82) is 0 Å². The lowest BCUT2D eigenvalue weighted by atomic mass is 10.1. The van der Waals surface area contributed by atoms with Gasteiger partial charge in [0.2, 0.25) is 0 Å². The minimum absolute atomic E-state index is 0.702. The van der Waals surface area contributed by atoms with Gasteiger partial charge >= 0.3 is 0 Å². The van der Waals surface area contributed by atoms with Crippen molar-refractivity contribution in [3.05, 3.63) is 40.7 Å². The molecule has 0 unspecified atom stereocenters. The number of benzene rings is 2. The summed E-state index contributed by atoms with van der Waals surface area (Å²) in [4.78, 5) is 4.33. The normalized spacial score (nSPS) is 11.3. The van der Waals surface area contributed by atoms with Gasteiger partial charge in [-0.1, -0.05) is 40.2 Å². The maximum Gasteiger partial charge on any atom is 0.192 e. The minimum atomic E-state index is 0.702. The molecule has 3 aromatic rings. The fraction of sp³-hybridized carbons (Fsp3) is 0.0833. The summed E-state index contributed by atoms with van der Waals surface area (Å²) in [6, 6.07) is 10.1. The second kappa shape index (κ2) is 3.07. The van der Waals surface area contributed by atoms with Crippen molar-refractivity contribution in [2.75, 3.05) is 0 Å². The Morgan fingerprint density at radius 2 is 1.93 bits per heavy atom. The predicted molar refractivity (Wildman–Crippen MR) is 64.0 cm³/mol. The zero-order valence-corrected chi connectivity index (χ0v) is 9.71. The van der Waals surface area contributed by atoms with Crippen LogP contribution in [0.25, 0.3) is 21.9 Å². The number of nitrogens with zero attached hydrogens (tertiary/aromatic N) is 1. The zero-order chi connectivity index (χ0) is 10.4. The summed E-state index contributed by atoms with van der Waals surface area (Å²) < 4.78 is 6.66. The van der Waals surface area contributed by atoms with Crippen LogP contribution in [0.1, 0.15) is 5.89 Å². The smallest absolute Gasteiger partial charge is 0.192 e. The first-order chi connectivity index (χ1) is 7.25. The summed E-state index contributed by atoms with van der Waals surface area (Å²) in [6.45, 7) is 1.86. The first-order valence-electron chi connectivity index (χ1n) is 4.70. The van der Waals surface area contributed by atoms with Gasteiger partial charge in [-0.25, -0.2) is 4.98 Å². The van der Waals surface area contributed by atoms with Crippen LogP contribution in [0, 0.1) is 6.92 Å². The number of oxazole rings is 1. The summed E-state index contributed by atoms with van der Waals surface area (Å²) in [7, 11) is 0. The molecule has 0 atom stereocenters. The Kier molecular flexibility index (Phi) is 1.83. The van der Waals surface area contributed by atoms with E-state index in [0.29, 0.717) is 5.89 Å². The Hall–Kier alpha value is -1.35. The van der Waals surface area contributed by atoms with Crippen molar-refractivity contribution in [3.8, 4) is 0 Å². The highest BCUT2D eigenvalue weighted by Gasteiger charge is 2.09. The lowest BCUT2D eigenvalue weighted by molar-refractivity contribution is 0.563. The van der Waals surface area contributed by atoms with Gasteiger partial charge in [-0.2, -0.15) is 0 Å². The number of aryl methyl sites for hydroxylation is 1. The fourth-order valence-corrected chi connectivity index (χ4v) is 2.38. The van der Waals surface area contributed by atoms with Crippen molar-refractivity contribution in [3.63, 3.8) is 0 Å². The van der Waals surface area contributed by atoms with Crippen LogP contribution in [0.5, 0.6) is 0 Å². The van der Waals surface area contributed by atoms with E-state index in [-0.39, 0.29) is 0 Å². The van der Waals surface area contributed by atoms with Crippen molar-refractivity contribution < 1.29 is 4.42 Å². The van der Waals surface area contributed by atoms with Gasteiger partial charge in [-0.3, -0.25) is 0 Å². The van der Waals surface area contributed by atoms with Crippen molar-refractivity contribution >= 4 is 37.8 Å². The molecule has 0 aliphatic heterocycles. The summed E-state index contributed by atoms with van der Waals surface area (Å²) in [5.41, 5.74) is 1.77. The van der Waals surface area contributed by atoms with E-state index < -0.39 is 0 Å². The van der Waals surface area contributed by atoms with Gasteiger partial charge in [0.05, 0.1) is 0 Å². The van der Waals surface area contributed by atoms with Gasteiger partial charge in [0.1, 0.15) is 5.52 Å². The Balaban J connectivity index is 2.62. The third-order valence-corrected chi connectivity index (χ3v) is 3.11. The average molecular weight is 262 g/mol. The van der Waals surface area contributed by atoms with Gasteiger partial charge < -0.3 is 4.42 Å². The molecule has 74 valence electrons. The van der Waals surface area contributed by atoms with Crippen LogP contribution in [-0.4, -0.2) is 4.98 Å². The topological polar surface area (TPSA) is 26.0 Å². The number of rotatable bonds is 0. The maximum atomic E-state index is 5.60. The van der Waals surface area contributed by atoms with E-state index in [2.05, 4.69) is 27.0 Å². The summed E-state index contributed by atoms with van der Waals surface area (Å²) in [5.74, 6) is 0.702. The monoisotopic (exact) mass is 261 g/mol. The maximum absolute atomic E-state index is 5.60. The number of hydrogen-bond acceptors (Lipinski definition) is 2. The molecule has 0 aliphatic carbocycles. The first-order valence-corrected chi connectivity index (χ1v) is 5.49. The summed E-state index contributed by atoms with van der Waals surface area (Å²) >= 11 is 3.55. The first kappa shape index (κ1) is 8.92. The number of fused-ring (bicyclic) bond motifs is 3. The van der Waals surface area contributed by atoms with E-state index in [1.165, 1.54) is 0 Å². The van der Waals surface area contributed by atoms with Crippen LogP contribution < -0.4 is 0 Å². The highest BCUT2D eigenvalue weighted by molar-refractivity contribution is 9.10. The lowest BCUT2D eigenvalue weighted by Gasteiger charge is -1.99. The SMILES string of the molecule is Cc1nc2cc(Br)c3ccccc3c2o1. The van der Waals surface area contributed by atoms with E-state index in [9.17, 15) is 0 Å². The molecular formula is C12H8BrNO. The molecule has 0 fully saturated rings. The van der Waals surface area contributed by atoms with Crippen LogP contribution in [0.3, 0.4) is 0 Å². The van der Waals surface area contributed by atoms with Gasteiger partial charge in [0.25, 0.3) is 0 Å². The van der Waals surface area contributed by atoms with Gasteiger partial charge in [0.15, 0.2) is 11.5 Å². The van der Waals surface area contributed by atoms with Crippen LogP contribution in [0.4, 0.5) is 0 Å². The molecule has 2 aromatic carbocycles. The largest absolute Gasteiger partial charge is 0.440 e. The summed E-state index contributed by atoms with van der Waals surface area (Å²) in [6.07, 6.45) is 0.